The van der Waals surface area contributed by atoms with Gasteiger partial charge in [-0.25, -0.2) is 0 Å². The lowest BCUT2D eigenvalue weighted by Crippen LogP contribution is -2.47. The van der Waals surface area contributed by atoms with Gasteiger partial charge in [-0.2, -0.15) is 13.2 Å². The summed E-state index contributed by atoms with van der Waals surface area (Å²) >= 11 is 0. The normalized spacial score (nSPS) is 21.9. The number of rotatable bonds is 7. The molecule has 2 fully saturated rings. The summed E-state index contributed by atoms with van der Waals surface area (Å²) in [5, 5.41) is 9.17. The lowest BCUT2D eigenvalue weighted by atomic mass is 9.87. The summed E-state index contributed by atoms with van der Waals surface area (Å²) in [6.07, 6.45) is 3.11. The highest BCUT2D eigenvalue weighted by Crippen LogP contribution is 2.26. The van der Waals surface area contributed by atoms with Crippen molar-refractivity contribution < 1.29 is 18.0 Å². The van der Waals surface area contributed by atoms with Gasteiger partial charge in [0, 0.05) is 45.7 Å². The first kappa shape index (κ1) is 25.3. The Kier molecular flexibility index (Phi) is 11.5. The third-order valence-corrected chi connectivity index (χ3v) is 5.18. The fraction of sp³-hybridized carbons (Fsp3) is 0.889. The van der Waals surface area contributed by atoms with Crippen LogP contribution in [0.3, 0.4) is 0 Å². The van der Waals surface area contributed by atoms with Gasteiger partial charge in [0.1, 0.15) is 0 Å². The topological polar surface area (TPSA) is 68.8 Å². The molecule has 3 N–H and O–H groups in total. The van der Waals surface area contributed by atoms with E-state index in [1.54, 1.807) is 7.05 Å². The minimum atomic E-state index is -4.16. The molecule has 1 amide bonds. The SMILES string of the molecule is CN=C(NCCNC(=O)CC1CCCCC1)NC1CCN(CC(F)(F)F)C1.I. The molecule has 0 spiro atoms. The predicted octanol–water partition coefficient (Wildman–Crippen LogP) is 2.49. The van der Waals surface area contributed by atoms with Gasteiger partial charge in [-0.3, -0.25) is 14.7 Å². The first-order chi connectivity index (χ1) is 12.9. The van der Waals surface area contributed by atoms with Crippen molar-refractivity contribution in [2.45, 2.75) is 57.2 Å². The van der Waals surface area contributed by atoms with E-state index >= 15 is 0 Å². The molecule has 2 aliphatic rings. The molecule has 1 saturated carbocycles. The summed E-state index contributed by atoms with van der Waals surface area (Å²) in [5.41, 5.74) is 0. The van der Waals surface area contributed by atoms with E-state index in [0.717, 1.165) is 12.8 Å². The Balaban J connectivity index is 0.00000392. The molecule has 6 nitrogen and oxygen atoms in total. The maximum Gasteiger partial charge on any atom is 0.401 e. The van der Waals surface area contributed by atoms with Crippen molar-refractivity contribution in [2.24, 2.45) is 10.9 Å². The van der Waals surface area contributed by atoms with Crippen LogP contribution in [0, 0.1) is 5.92 Å². The second-order valence-corrected chi connectivity index (χ2v) is 7.54. The molecular weight excluding hydrogens is 486 g/mol. The predicted molar refractivity (Wildman–Crippen MR) is 115 cm³/mol. The number of amides is 1. The molecule has 0 aromatic rings. The smallest absolute Gasteiger partial charge is 0.355 e. The second kappa shape index (κ2) is 12.7. The summed E-state index contributed by atoms with van der Waals surface area (Å²) in [4.78, 5) is 17.5. The fourth-order valence-corrected chi connectivity index (χ4v) is 3.84. The van der Waals surface area contributed by atoms with Crippen LogP contribution in [0.4, 0.5) is 13.2 Å². The number of carbonyl (C=O) groups is 1. The van der Waals surface area contributed by atoms with E-state index in [0.29, 0.717) is 50.9 Å². The third-order valence-electron chi connectivity index (χ3n) is 5.18. The monoisotopic (exact) mass is 519 g/mol. The zero-order valence-electron chi connectivity index (χ0n) is 16.5. The molecule has 1 aliphatic heterocycles. The molecule has 10 heteroatoms. The first-order valence-electron chi connectivity index (χ1n) is 9.88. The highest BCUT2D eigenvalue weighted by atomic mass is 127. The molecule has 1 saturated heterocycles. The van der Waals surface area contributed by atoms with E-state index in [1.807, 2.05) is 0 Å². The average molecular weight is 519 g/mol. The number of nitrogens with one attached hydrogen (secondary N) is 3. The molecule has 28 heavy (non-hydrogen) atoms. The molecule has 0 bridgehead atoms. The van der Waals surface area contributed by atoms with Crippen LogP contribution in [0.15, 0.2) is 4.99 Å². The van der Waals surface area contributed by atoms with E-state index in [-0.39, 0.29) is 35.9 Å². The van der Waals surface area contributed by atoms with Gasteiger partial charge in [-0.1, -0.05) is 19.3 Å². The van der Waals surface area contributed by atoms with E-state index in [9.17, 15) is 18.0 Å². The Hall–Kier alpha value is -0.780. The third kappa shape index (κ3) is 10.1. The van der Waals surface area contributed by atoms with Gasteiger partial charge in [0.15, 0.2) is 5.96 Å². The van der Waals surface area contributed by atoms with Crippen LogP contribution in [0.2, 0.25) is 0 Å². The van der Waals surface area contributed by atoms with E-state index in [1.165, 1.54) is 24.2 Å². The van der Waals surface area contributed by atoms with E-state index in [4.69, 9.17) is 0 Å². The van der Waals surface area contributed by atoms with Crippen LogP contribution >= 0.6 is 24.0 Å². The van der Waals surface area contributed by atoms with Crippen molar-refractivity contribution in [3.05, 3.63) is 0 Å². The number of hydrogen-bond acceptors (Lipinski definition) is 3. The van der Waals surface area contributed by atoms with Gasteiger partial charge in [0.25, 0.3) is 0 Å². The molecule has 1 aliphatic carbocycles. The molecule has 164 valence electrons. The summed E-state index contributed by atoms with van der Waals surface area (Å²) in [6, 6.07) is -0.0561. The molecule has 1 unspecified atom stereocenters. The molecule has 0 aromatic carbocycles. The fourth-order valence-electron chi connectivity index (χ4n) is 3.84. The Labute approximate surface area is 182 Å². The van der Waals surface area contributed by atoms with Gasteiger partial charge in [-0.15, -0.1) is 24.0 Å². The summed E-state index contributed by atoms with van der Waals surface area (Å²) in [7, 11) is 1.62. The number of likely N-dealkylation sites (tertiary alicyclic amines) is 1. The van der Waals surface area contributed by atoms with Gasteiger partial charge in [0.05, 0.1) is 6.54 Å². The number of alkyl halides is 3. The lowest BCUT2D eigenvalue weighted by Gasteiger charge is -2.21. The maximum absolute atomic E-state index is 12.4. The van der Waals surface area contributed by atoms with Crippen molar-refractivity contribution in [3.63, 3.8) is 0 Å². The van der Waals surface area contributed by atoms with Crippen LogP contribution in [0.5, 0.6) is 0 Å². The quantitative estimate of drug-likeness (QED) is 0.209. The summed E-state index contributed by atoms with van der Waals surface area (Å²) < 4.78 is 37.3. The van der Waals surface area contributed by atoms with Crippen molar-refractivity contribution in [2.75, 3.05) is 39.8 Å². The van der Waals surface area contributed by atoms with E-state index in [2.05, 4.69) is 20.9 Å². The van der Waals surface area contributed by atoms with E-state index < -0.39 is 12.7 Å². The molecule has 0 radical (unpaired) electrons. The van der Waals surface area contributed by atoms with Gasteiger partial charge in [-0.05, 0) is 25.2 Å². The standard InChI is InChI=1S/C18H32F3N5O.HI/c1-22-17(25-15-7-10-26(12-15)13-18(19,20)21)24-9-8-23-16(27)11-14-5-3-2-4-6-14;/h14-15H,2-13H2,1H3,(H,23,27)(H2,22,24,25);1H. The van der Waals surface area contributed by atoms with Gasteiger partial charge >= 0.3 is 6.18 Å². The van der Waals surface area contributed by atoms with Crippen LogP contribution in [-0.4, -0.2) is 68.8 Å². The minimum Gasteiger partial charge on any atom is -0.355 e. The summed E-state index contributed by atoms with van der Waals surface area (Å²) in [5.74, 6) is 1.16. The van der Waals surface area contributed by atoms with Crippen molar-refractivity contribution >= 4 is 35.8 Å². The Morgan fingerprint density at radius 1 is 1.11 bits per heavy atom. The Bertz CT molecular complexity index is 498. The number of aliphatic imine (C=N–C) groups is 1. The number of guanidine groups is 1. The number of nitrogens with zero attached hydrogens (tertiary/aromatic N) is 2. The average Bonchev–Trinajstić information content (AvgIpc) is 3.03. The lowest BCUT2D eigenvalue weighted by molar-refractivity contribution is -0.143. The van der Waals surface area contributed by atoms with Gasteiger partial charge in [0.2, 0.25) is 5.91 Å². The van der Waals surface area contributed by atoms with Crippen molar-refractivity contribution in [3.8, 4) is 0 Å². The van der Waals surface area contributed by atoms with Crippen LogP contribution in [-0.2, 0) is 4.79 Å². The van der Waals surface area contributed by atoms with Gasteiger partial charge < -0.3 is 16.0 Å². The molecule has 0 aromatic heterocycles. The van der Waals surface area contributed by atoms with Crippen LogP contribution in [0.1, 0.15) is 44.9 Å². The Morgan fingerprint density at radius 3 is 2.43 bits per heavy atom. The van der Waals surface area contributed by atoms with Crippen molar-refractivity contribution in [1.29, 1.82) is 0 Å². The van der Waals surface area contributed by atoms with Crippen molar-refractivity contribution in [1.82, 2.24) is 20.9 Å². The maximum atomic E-state index is 12.4. The summed E-state index contributed by atoms with van der Waals surface area (Å²) in [6.45, 7) is 0.917. The highest BCUT2D eigenvalue weighted by Gasteiger charge is 2.34. The highest BCUT2D eigenvalue weighted by molar-refractivity contribution is 14.0. The number of hydrogen-bond donors (Lipinski definition) is 3. The largest absolute Gasteiger partial charge is 0.401 e. The zero-order valence-corrected chi connectivity index (χ0v) is 18.8. The molecule has 1 heterocycles. The molecule has 1 atom stereocenters. The minimum absolute atomic E-state index is 0. The molecular formula is C18H33F3IN5O. The first-order valence-corrected chi connectivity index (χ1v) is 9.88. The van der Waals surface area contributed by atoms with Crippen LogP contribution < -0.4 is 16.0 Å². The molecule has 2 rings (SSSR count). The number of halogens is 4. The zero-order chi connectivity index (χ0) is 19.7. The number of carbonyl (C=O) groups excluding carboxylic acids is 1. The van der Waals surface area contributed by atoms with Crippen LogP contribution in [0.25, 0.3) is 0 Å². The Morgan fingerprint density at radius 2 is 1.79 bits per heavy atom. The second-order valence-electron chi connectivity index (χ2n) is 7.54.